The molecule has 35 heavy (non-hydrogen) atoms. The van der Waals surface area contributed by atoms with Crippen molar-refractivity contribution in [1.82, 2.24) is 9.55 Å². The SMILES string of the molecule is CC1=C(C#N)c2nc(N)c(C#N)c(C)c2/C1=C\c1cn(Cc2ccc(C(=O)O)o2)c2ccccc12. The molecule has 1 aliphatic rings. The molecule has 8 nitrogen and oxygen atoms in total. The minimum absolute atomic E-state index is 0.110. The molecular formula is C27H19N5O3. The number of aromatic nitrogens is 2. The molecule has 0 saturated heterocycles. The van der Waals surface area contributed by atoms with Gasteiger partial charge in [-0.1, -0.05) is 18.2 Å². The average Bonchev–Trinajstić information content (AvgIpc) is 3.51. The second-order valence-corrected chi connectivity index (χ2v) is 8.30. The summed E-state index contributed by atoms with van der Waals surface area (Å²) in [5.74, 6) is -0.593. The van der Waals surface area contributed by atoms with Crippen LogP contribution in [0.25, 0.3) is 28.1 Å². The first-order valence-corrected chi connectivity index (χ1v) is 10.8. The number of carboxylic acids is 1. The summed E-state index contributed by atoms with van der Waals surface area (Å²) in [6, 6.07) is 15.3. The van der Waals surface area contributed by atoms with Crippen LogP contribution < -0.4 is 5.73 Å². The van der Waals surface area contributed by atoms with Crippen LogP contribution in [0, 0.1) is 29.6 Å². The van der Waals surface area contributed by atoms with E-state index in [9.17, 15) is 15.3 Å². The van der Waals surface area contributed by atoms with Gasteiger partial charge in [0.1, 0.15) is 23.7 Å². The molecule has 0 saturated carbocycles. The number of carbonyl (C=O) groups is 1. The predicted octanol–water partition coefficient (Wildman–Crippen LogP) is 4.99. The number of nitriles is 2. The van der Waals surface area contributed by atoms with Gasteiger partial charge in [0.15, 0.2) is 0 Å². The van der Waals surface area contributed by atoms with Crippen molar-refractivity contribution >= 4 is 39.9 Å². The van der Waals surface area contributed by atoms with E-state index in [-0.39, 0.29) is 11.6 Å². The lowest BCUT2D eigenvalue weighted by molar-refractivity contribution is 0.0660. The molecule has 4 aromatic rings. The molecule has 0 unspecified atom stereocenters. The van der Waals surface area contributed by atoms with Crippen molar-refractivity contribution in [2.45, 2.75) is 20.4 Å². The number of rotatable bonds is 4. The third-order valence-electron chi connectivity index (χ3n) is 6.30. The van der Waals surface area contributed by atoms with Crippen molar-refractivity contribution < 1.29 is 14.3 Å². The average molecular weight is 461 g/mol. The summed E-state index contributed by atoms with van der Waals surface area (Å²) in [6.07, 6.45) is 3.96. The number of hydrogen-bond donors (Lipinski definition) is 2. The summed E-state index contributed by atoms with van der Waals surface area (Å²) in [5.41, 5.74) is 12.1. The molecule has 3 heterocycles. The lowest BCUT2D eigenvalue weighted by atomic mass is 9.95. The molecule has 170 valence electrons. The number of carboxylic acid groups (broad SMARTS) is 1. The van der Waals surface area contributed by atoms with E-state index in [0.717, 1.165) is 33.2 Å². The molecule has 0 fully saturated rings. The Bertz CT molecular complexity index is 1700. The first kappa shape index (κ1) is 21.7. The van der Waals surface area contributed by atoms with Gasteiger partial charge in [0.2, 0.25) is 5.76 Å². The molecule has 3 aromatic heterocycles. The Morgan fingerprint density at radius 2 is 1.97 bits per heavy atom. The monoisotopic (exact) mass is 461 g/mol. The highest BCUT2D eigenvalue weighted by Gasteiger charge is 2.30. The van der Waals surface area contributed by atoms with E-state index in [2.05, 4.69) is 17.1 Å². The highest BCUT2D eigenvalue weighted by molar-refractivity contribution is 6.10. The van der Waals surface area contributed by atoms with Crippen LogP contribution in [0.4, 0.5) is 5.82 Å². The van der Waals surface area contributed by atoms with Crippen LogP contribution in [0.15, 0.2) is 52.6 Å². The number of hydrogen-bond acceptors (Lipinski definition) is 6. The van der Waals surface area contributed by atoms with E-state index < -0.39 is 5.97 Å². The molecule has 0 atom stereocenters. The second-order valence-electron chi connectivity index (χ2n) is 8.30. The molecule has 8 heteroatoms. The van der Waals surface area contributed by atoms with Crippen molar-refractivity contribution in [3.05, 3.63) is 87.6 Å². The van der Waals surface area contributed by atoms with Crippen LogP contribution in [0.3, 0.4) is 0 Å². The lowest BCUT2D eigenvalue weighted by Crippen LogP contribution is -2.03. The summed E-state index contributed by atoms with van der Waals surface area (Å²) in [7, 11) is 0. The minimum atomic E-state index is -1.11. The zero-order valence-corrected chi connectivity index (χ0v) is 19.0. The minimum Gasteiger partial charge on any atom is -0.475 e. The lowest BCUT2D eigenvalue weighted by Gasteiger charge is -2.10. The van der Waals surface area contributed by atoms with Crippen molar-refractivity contribution in [3.8, 4) is 12.1 Å². The number of nitrogen functional groups attached to an aromatic ring is 1. The maximum Gasteiger partial charge on any atom is 0.371 e. The Morgan fingerprint density at radius 3 is 2.66 bits per heavy atom. The Hall–Kier alpha value is -5.08. The van der Waals surface area contributed by atoms with Gasteiger partial charge in [0, 0.05) is 28.2 Å². The molecule has 0 bridgehead atoms. The zero-order chi connectivity index (χ0) is 24.9. The third-order valence-corrected chi connectivity index (χ3v) is 6.30. The first-order chi connectivity index (χ1) is 16.8. The Balaban J connectivity index is 1.69. The maximum atomic E-state index is 11.2. The van der Waals surface area contributed by atoms with Gasteiger partial charge in [-0.2, -0.15) is 10.5 Å². The fourth-order valence-corrected chi connectivity index (χ4v) is 4.62. The van der Waals surface area contributed by atoms with Gasteiger partial charge in [0.05, 0.1) is 23.4 Å². The normalized spacial score (nSPS) is 13.8. The maximum absolute atomic E-state index is 11.2. The molecule has 1 aliphatic carbocycles. The molecule has 5 rings (SSSR count). The standard InChI is InChI=1S/C27H19N5O3/c1-14-19(24-15(2)21(11-29)26(30)31-25(24)20(14)10-28)9-16-12-32(22-6-4-3-5-18(16)22)13-17-7-8-23(35-17)27(33)34/h3-9,12H,13H2,1-2H3,(H2,30,31)(H,33,34)/b19-9-. The highest BCUT2D eigenvalue weighted by atomic mass is 16.4. The Morgan fingerprint density at radius 1 is 1.20 bits per heavy atom. The fraction of sp³-hybridized carbons (Fsp3) is 0.111. The van der Waals surface area contributed by atoms with Crippen LogP contribution in [-0.2, 0) is 6.54 Å². The van der Waals surface area contributed by atoms with Crippen molar-refractivity contribution in [1.29, 1.82) is 10.5 Å². The largest absolute Gasteiger partial charge is 0.475 e. The molecule has 3 N–H and O–H groups in total. The summed E-state index contributed by atoms with van der Waals surface area (Å²) >= 11 is 0. The number of fused-ring (bicyclic) bond motifs is 2. The molecule has 0 radical (unpaired) electrons. The predicted molar refractivity (Wildman–Crippen MR) is 131 cm³/mol. The van der Waals surface area contributed by atoms with E-state index in [1.54, 1.807) is 6.07 Å². The number of nitrogens with zero attached hydrogens (tertiary/aromatic N) is 4. The van der Waals surface area contributed by atoms with Crippen molar-refractivity contribution in [2.24, 2.45) is 0 Å². The van der Waals surface area contributed by atoms with Gasteiger partial charge < -0.3 is 19.8 Å². The number of benzene rings is 1. The van der Waals surface area contributed by atoms with Crippen molar-refractivity contribution in [2.75, 3.05) is 5.73 Å². The van der Waals surface area contributed by atoms with Crippen LogP contribution in [0.1, 0.15) is 51.2 Å². The molecule has 0 aliphatic heterocycles. The van der Waals surface area contributed by atoms with Gasteiger partial charge >= 0.3 is 5.97 Å². The Kier molecular flexibility index (Phi) is 5.00. The third kappa shape index (κ3) is 3.36. The summed E-state index contributed by atoms with van der Waals surface area (Å²) in [6.45, 7) is 4.03. The summed E-state index contributed by atoms with van der Waals surface area (Å²) < 4.78 is 7.44. The van der Waals surface area contributed by atoms with Gasteiger partial charge in [-0.25, -0.2) is 9.78 Å². The quantitative estimate of drug-likeness (QED) is 0.436. The van der Waals surface area contributed by atoms with Crippen LogP contribution in [0.5, 0.6) is 0 Å². The van der Waals surface area contributed by atoms with Gasteiger partial charge in [-0.15, -0.1) is 0 Å². The first-order valence-electron chi connectivity index (χ1n) is 10.8. The van der Waals surface area contributed by atoms with Crippen LogP contribution in [0.2, 0.25) is 0 Å². The van der Waals surface area contributed by atoms with Gasteiger partial charge in [0.25, 0.3) is 0 Å². The summed E-state index contributed by atoms with van der Waals surface area (Å²) in [4.78, 5) is 15.6. The highest BCUT2D eigenvalue weighted by Crippen LogP contribution is 2.44. The van der Waals surface area contributed by atoms with E-state index in [1.807, 2.05) is 55.0 Å². The number of pyridine rings is 1. The molecule has 0 amide bonds. The Labute approximate surface area is 200 Å². The van der Waals surface area contributed by atoms with E-state index in [0.29, 0.717) is 34.7 Å². The topological polar surface area (TPSA) is 142 Å². The number of anilines is 1. The number of furan rings is 1. The van der Waals surface area contributed by atoms with E-state index in [4.69, 9.17) is 15.3 Å². The molecule has 0 spiro atoms. The van der Waals surface area contributed by atoms with E-state index >= 15 is 0 Å². The number of allylic oxidation sites excluding steroid dienone is 3. The van der Waals surface area contributed by atoms with Crippen LogP contribution >= 0.6 is 0 Å². The molecule has 1 aromatic carbocycles. The second kappa shape index (κ2) is 8.05. The van der Waals surface area contributed by atoms with Crippen molar-refractivity contribution in [3.63, 3.8) is 0 Å². The number of nitrogens with two attached hydrogens (primary N) is 1. The van der Waals surface area contributed by atoms with Gasteiger partial charge in [-0.3, -0.25) is 0 Å². The fourth-order valence-electron chi connectivity index (χ4n) is 4.62. The smallest absolute Gasteiger partial charge is 0.371 e. The molecular weight excluding hydrogens is 442 g/mol. The number of aromatic carboxylic acids is 1. The summed E-state index contributed by atoms with van der Waals surface area (Å²) in [5, 5.41) is 29.6. The van der Waals surface area contributed by atoms with E-state index in [1.165, 1.54) is 6.07 Å². The van der Waals surface area contributed by atoms with Crippen LogP contribution in [-0.4, -0.2) is 20.6 Å². The zero-order valence-electron chi connectivity index (χ0n) is 19.0. The number of para-hydroxylation sites is 1. The van der Waals surface area contributed by atoms with Gasteiger partial charge in [-0.05, 0) is 54.8 Å².